The largest absolute Gasteiger partial charge is 0.365 e. The molecule has 0 unspecified atom stereocenters. The van der Waals surface area contributed by atoms with E-state index < -0.39 is 23.4 Å². The number of rotatable bonds is 2. The van der Waals surface area contributed by atoms with Crippen LogP contribution in [0.3, 0.4) is 0 Å². The minimum absolute atomic E-state index is 0.358. The molecule has 1 aromatic carbocycles. The van der Waals surface area contributed by atoms with Gasteiger partial charge >= 0.3 is 6.03 Å². The van der Waals surface area contributed by atoms with Crippen molar-refractivity contribution in [3.63, 3.8) is 0 Å². The van der Waals surface area contributed by atoms with Crippen LogP contribution in [-0.2, 0) is 0 Å². The smallest absolute Gasteiger partial charge is 0.322 e. The van der Waals surface area contributed by atoms with Crippen molar-refractivity contribution in [2.45, 2.75) is 0 Å². The van der Waals surface area contributed by atoms with Crippen LogP contribution in [0.1, 0.15) is 0 Å². The SMILES string of the molecule is O=C(Nc1c(F)cccc1F)N1CCN(c2c(Cl)cncc2Cl)CC1. The summed E-state index contributed by atoms with van der Waals surface area (Å²) in [7, 11) is 0. The van der Waals surface area contributed by atoms with Gasteiger partial charge in [-0.3, -0.25) is 4.98 Å². The lowest BCUT2D eigenvalue weighted by Crippen LogP contribution is -2.50. The third-order valence-electron chi connectivity index (χ3n) is 3.91. The monoisotopic (exact) mass is 386 g/mol. The second-order valence-electron chi connectivity index (χ2n) is 5.45. The predicted octanol–water partition coefficient (Wildman–Crippen LogP) is 4.02. The van der Waals surface area contributed by atoms with Crippen LogP contribution in [-0.4, -0.2) is 42.1 Å². The van der Waals surface area contributed by atoms with E-state index in [0.29, 0.717) is 41.9 Å². The van der Waals surface area contributed by atoms with Gasteiger partial charge in [-0.05, 0) is 12.1 Å². The molecule has 1 aliphatic rings. The molecule has 0 saturated carbocycles. The van der Waals surface area contributed by atoms with E-state index in [0.717, 1.165) is 12.1 Å². The third-order valence-corrected chi connectivity index (χ3v) is 4.46. The van der Waals surface area contributed by atoms with Gasteiger partial charge in [-0.25, -0.2) is 13.6 Å². The highest BCUT2D eigenvalue weighted by atomic mass is 35.5. The Morgan fingerprint density at radius 1 is 1.04 bits per heavy atom. The zero-order valence-electron chi connectivity index (χ0n) is 13.0. The van der Waals surface area contributed by atoms with E-state index in [-0.39, 0.29) is 0 Å². The number of anilines is 2. The Hall–Kier alpha value is -2.12. The fourth-order valence-electron chi connectivity index (χ4n) is 2.64. The summed E-state index contributed by atoms with van der Waals surface area (Å²) in [5.74, 6) is -1.63. The summed E-state index contributed by atoms with van der Waals surface area (Å²) in [6, 6.07) is 2.85. The molecule has 3 rings (SSSR count). The number of urea groups is 1. The maximum Gasteiger partial charge on any atom is 0.322 e. The number of aromatic nitrogens is 1. The van der Waals surface area contributed by atoms with Crippen molar-refractivity contribution >= 4 is 40.6 Å². The van der Waals surface area contributed by atoms with Crippen molar-refractivity contribution in [3.8, 4) is 0 Å². The van der Waals surface area contributed by atoms with Gasteiger partial charge in [0.05, 0.1) is 15.7 Å². The number of pyridine rings is 1. The molecule has 0 radical (unpaired) electrons. The molecular formula is C16H14Cl2F2N4O. The molecule has 0 aliphatic carbocycles. The molecule has 5 nitrogen and oxygen atoms in total. The van der Waals surface area contributed by atoms with Gasteiger partial charge < -0.3 is 15.1 Å². The Kier molecular flexibility index (Phi) is 5.24. The molecule has 1 aromatic heterocycles. The van der Waals surface area contributed by atoms with Crippen LogP contribution in [0.4, 0.5) is 25.0 Å². The number of hydrogen-bond acceptors (Lipinski definition) is 3. The molecule has 0 spiro atoms. The van der Waals surface area contributed by atoms with Gasteiger partial charge in [-0.1, -0.05) is 29.3 Å². The molecule has 1 fully saturated rings. The summed E-state index contributed by atoms with van der Waals surface area (Å²) >= 11 is 12.3. The van der Waals surface area contributed by atoms with Gasteiger partial charge in [-0.15, -0.1) is 0 Å². The van der Waals surface area contributed by atoms with Gasteiger partial charge in [0, 0.05) is 38.6 Å². The summed E-state index contributed by atoms with van der Waals surface area (Å²) in [4.78, 5) is 19.6. The summed E-state index contributed by atoms with van der Waals surface area (Å²) in [6.45, 7) is 1.68. The number of benzene rings is 1. The van der Waals surface area contributed by atoms with Crippen LogP contribution in [0, 0.1) is 11.6 Å². The quantitative estimate of drug-likeness (QED) is 0.847. The lowest BCUT2D eigenvalue weighted by atomic mass is 10.2. The number of halogens is 4. The average molecular weight is 387 g/mol. The van der Waals surface area contributed by atoms with Gasteiger partial charge in [0.1, 0.15) is 17.3 Å². The standard InChI is InChI=1S/C16H14Cl2F2N4O/c17-10-8-21-9-11(18)15(10)23-4-6-24(7-5-23)16(25)22-14-12(19)2-1-3-13(14)20/h1-3,8-9H,4-7H2,(H,22,25). The molecule has 0 atom stereocenters. The first-order valence-corrected chi connectivity index (χ1v) is 8.27. The van der Waals surface area contributed by atoms with Crippen LogP contribution in [0.2, 0.25) is 10.0 Å². The van der Waals surface area contributed by atoms with Gasteiger partial charge in [0.25, 0.3) is 0 Å². The second-order valence-corrected chi connectivity index (χ2v) is 6.27. The number of piperazine rings is 1. The van der Waals surface area contributed by atoms with Crippen molar-refractivity contribution < 1.29 is 13.6 Å². The number of amides is 2. The van der Waals surface area contributed by atoms with E-state index in [4.69, 9.17) is 23.2 Å². The minimum atomic E-state index is -0.817. The topological polar surface area (TPSA) is 48.5 Å². The van der Waals surface area contributed by atoms with Crippen molar-refractivity contribution in [2.75, 3.05) is 36.4 Å². The molecule has 2 amide bonds. The molecule has 1 aliphatic heterocycles. The first-order chi connectivity index (χ1) is 12.0. The van der Waals surface area contributed by atoms with Gasteiger partial charge in [0.15, 0.2) is 0 Å². The highest BCUT2D eigenvalue weighted by Crippen LogP contribution is 2.33. The number of carbonyl (C=O) groups is 1. The molecule has 2 aromatic rings. The number of nitrogens with zero attached hydrogens (tertiary/aromatic N) is 3. The minimum Gasteiger partial charge on any atom is -0.365 e. The molecular weight excluding hydrogens is 373 g/mol. The van der Waals surface area contributed by atoms with Crippen molar-refractivity contribution in [1.82, 2.24) is 9.88 Å². The third kappa shape index (κ3) is 3.77. The van der Waals surface area contributed by atoms with E-state index in [9.17, 15) is 13.6 Å². The maximum absolute atomic E-state index is 13.6. The molecule has 25 heavy (non-hydrogen) atoms. The first kappa shape index (κ1) is 17.7. The predicted molar refractivity (Wildman–Crippen MR) is 93.4 cm³/mol. The van der Waals surface area contributed by atoms with Crippen molar-refractivity contribution in [3.05, 3.63) is 52.3 Å². The number of carbonyl (C=O) groups excluding carboxylic acids is 1. The highest BCUT2D eigenvalue weighted by molar-refractivity contribution is 6.38. The fourth-order valence-corrected chi connectivity index (χ4v) is 3.25. The summed E-state index contributed by atoms with van der Waals surface area (Å²) in [5, 5.41) is 3.14. The van der Waals surface area contributed by atoms with Crippen LogP contribution < -0.4 is 10.2 Å². The number of para-hydroxylation sites is 1. The molecule has 0 bridgehead atoms. The Morgan fingerprint density at radius 3 is 2.16 bits per heavy atom. The Balaban J connectivity index is 1.65. The Morgan fingerprint density at radius 2 is 1.60 bits per heavy atom. The molecule has 132 valence electrons. The number of nitrogens with one attached hydrogen (secondary N) is 1. The average Bonchev–Trinajstić information content (AvgIpc) is 2.58. The summed E-state index contributed by atoms with van der Waals surface area (Å²) in [5.41, 5.74) is 0.216. The molecule has 9 heteroatoms. The van der Waals surface area contributed by atoms with Gasteiger partial charge in [-0.2, -0.15) is 0 Å². The zero-order valence-corrected chi connectivity index (χ0v) is 14.5. The normalized spacial score (nSPS) is 14.6. The fraction of sp³-hybridized carbons (Fsp3) is 0.250. The van der Waals surface area contributed by atoms with Crippen LogP contribution in [0.25, 0.3) is 0 Å². The Bertz CT molecular complexity index is 757. The second kappa shape index (κ2) is 7.41. The maximum atomic E-state index is 13.6. The zero-order chi connectivity index (χ0) is 18.0. The number of hydrogen-bond donors (Lipinski definition) is 1. The van der Waals surface area contributed by atoms with E-state index in [1.807, 2.05) is 4.90 Å². The van der Waals surface area contributed by atoms with E-state index in [1.165, 1.54) is 23.4 Å². The van der Waals surface area contributed by atoms with E-state index >= 15 is 0 Å². The lowest BCUT2D eigenvalue weighted by molar-refractivity contribution is 0.208. The Labute approximate surface area is 153 Å². The summed E-state index contributed by atoms with van der Waals surface area (Å²) < 4.78 is 27.3. The summed E-state index contributed by atoms with van der Waals surface area (Å²) in [6.07, 6.45) is 3.01. The first-order valence-electron chi connectivity index (χ1n) is 7.51. The molecule has 1 N–H and O–H groups in total. The molecule has 1 saturated heterocycles. The van der Waals surface area contributed by atoms with Crippen molar-refractivity contribution in [1.29, 1.82) is 0 Å². The van der Waals surface area contributed by atoms with Crippen molar-refractivity contribution in [2.24, 2.45) is 0 Å². The van der Waals surface area contributed by atoms with Gasteiger partial charge in [0.2, 0.25) is 0 Å². The van der Waals surface area contributed by atoms with E-state index in [2.05, 4.69) is 10.3 Å². The highest BCUT2D eigenvalue weighted by Gasteiger charge is 2.25. The van der Waals surface area contributed by atoms with Crippen LogP contribution in [0.5, 0.6) is 0 Å². The van der Waals surface area contributed by atoms with Crippen LogP contribution in [0.15, 0.2) is 30.6 Å². The van der Waals surface area contributed by atoms with Crippen LogP contribution >= 0.6 is 23.2 Å². The lowest BCUT2D eigenvalue weighted by Gasteiger charge is -2.36. The molecule has 2 heterocycles. The van der Waals surface area contributed by atoms with E-state index in [1.54, 1.807) is 0 Å².